The molecular weight excluding hydrogens is 398 g/mol. The van der Waals surface area contributed by atoms with Gasteiger partial charge in [0.15, 0.2) is 0 Å². The molecule has 0 heterocycles. The molecule has 0 bridgehead atoms. The molecule has 7 nitrogen and oxygen atoms in total. The Kier molecular flexibility index (Phi) is 10.8. The van der Waals surface area contributed by atoms with E-state index in [4.69, 9.17) is 19.3 Å². The third-order valence-corrected chi connectivity index (χ3v) is 4.88. The second-order valence-electron chi connectivity index (χ2n) is 7.36. The van der Waals surface area contributed by atoms with Gasteiger partial charge in [-0.1, -0.05) is 42.5 Å². The summed E-state index contributed by atoms with van der Waals surface area (Å²) in [6.45, 7) is 4.33. The molecule has 170 valence electrons. The van der Waals surface area contributed by atoms with Crippen molar-refractivity contribution in [3.63, 3.8) is 0 Å². The summed E-state index contributed by atoms with van der Waals surface area (Å²) in [5.41, 5.74) is 3.61. The molecule has 31 heavy (non-hydrogen) atoms. The second-order valence-corrected chi connectivity index (χ2v) is 7.36. The molecule has 0 saturated heterocycles. The maximum absolute atomic E-state index is 11.3. The first-order valence-corrected chi connectivity index (χ1v) is 10.8. The largest absolute Gasteiger partial charge is 0.510 e. The number of benzene rings is 1. The van der Waals surface area contributed by atoms with Crippen LogP contribution in [0.3, 0.4) is 0 Å². The van der Waals surface area contributed by atoms with Gasteiger partial charge in [-0.2, -0.15) is 0 Å². The van der Waals surface area contributed by atoms with Crippen molar-refractivity contribution in [3.8, 4) is 0 Å². The molecule has 1 aliphatic rings. The summed E-state index contributed by atoms with van der Waals surface area (Å²) in [6, 6.07) is 8.50. The fourth-order valence-corrected chi connectivity index (χ4v) is 3.30. The Hall–Kier alpha value is -2.64. The van der Waals surface area contributed by atoms with Gasteiger partial charge in [-0.05, 0) is 56.2 Å². The number of ether oxygens (including phenoxy) is 3. The second kappa shape index (κ2) is 13.6. The van der Waals surface area contributed by atoms with Crippen LogP contribution in [0.25, 0.3) is 5.57 Å². The van der Waals surface area contributed by atoms with Gasteiger partial charge in [0.1, 0.15) is 0 Å². The lowest BCUT2D eigenvalue weighted by Gasteiger charge is -2.20. The summed E-state index contributed by atoms with van der Waals surface area (Å²) >= 11 is 0. The van der Waals surface area contributed by atoms with E-state index in [1.54, 1.807) is 13.8 Å². The molecule has 2 rings (SSSR count). The molecule has 1 aliphatic carbocycles. The number of carbonyl (C=O) groups is 2. The summed E-state index contributed by atoms with van der Waals surface area (Å²) in [5, 5.41) is 12.2. The molecule has 0 saturated carbocycles. The van der Waals surface area contributed by atoms with E-state index in [1.165, 1.54) is 11.1 Å². The van der Waals surface area contributed by atoms with Crippen LogP contribution >= 0.6 is 0 Å². The lowest BCUT2D eigenvalue weighted by atomic mass is 9.96. The molecule has 0 spiro atoms. The fraction of sp³-hybridized carbons (Fsp3) is 0.500. The number of hydrogen-bond acceptors (Lipinski definition) is 6. The number of carbonyl (C=O) groups excluding carboxylic acids is 1. The lowest BCUT2D eigenvalue weighted by molar-refractivity contribution is -0.136. The number of nitrogens with one attached hydrogen (secondary N) is 1. The molecule has 1 aromatic carbocycles. The average molecular weight is 432 g/mol. The van der Waals surface area contributed by atoms with Crippen LogP contribution in [0.15, 0.2) is 42.5 Å². The molecule has 1 unspecified atom stereocenters. The Labute approximate surface area is 184 Å². The van der Waals surface area contributed by atoms with Crippen molar-refractivity contribution in [3.05, 3.63) is 53.6 Å². The summed E-state index contributed by atoms with van der Waals surface area (Å²) < 4.78 is 15.3. The summed E-state index contributed by atoms with van der Waals surface area (Å²) in [6.07, 6.45) is 8.74. The van der Waals surface area contributed by atoms with Gasteiger partial charge in [0.05, 0.1) is 19.6 Å². The smallest absolute Gasteiger partial charge is 0.481 e. The quantitative estimate of drug-likeness (QED) is 0.355. The number of rotatable bonds is 13. The predicted octanol–water partition coefficient (Wildman–Crippen LogP) is 4.32. The monoisotopic (exact) mass is 431 g/mol. The van der Waals surface area contributed by atoms with Crippen LogP contribution in [0.1, 0.15) is 50.7 Å². The van der Waals surface area contributed by atoms with Crippen LogP contribution in [0, 0.1) is 0 Å². The Bertz CT molecular complexity index is 756. The minimum atomic E-state index is -0.836. The van der Waals surface area contributed by atoms with Crippen molar-refractivity contribution in [1.82, 2.24) is 5.32 Å². The van der Waals surface area contributed by atoms with E-state index in [0.717, 1.165) is 24.8 Å². The van der Waals surface area contributed by atoms with Gasteiger partial charge in [-0.15, -0.1) is 0 Å². The molecule has 0 aliphatic heterocycles. The van der Waals surface area contributed by atoms with Gasteiger partial charge in [-0.25, -0.2) is 4.79 Å². The minimum absolute atomic E-state index is 0.0359. The van der Waals surface area contributed by atoms with Crippen LogP contribution < -0.4 is 5.32 Å². The van der Waals surface area contributed by atoms with Crippen LogP contribution in [0.5, 0.6) is 0 Å². The van der Waals surface area contributed by atoms with Crippen molar-refractivity contribution in [2.75, 3.05) is 19.8 Å². The summed E-state index contributed by atoms with van der Waals surface area (Å²) in [5.74, 6) is -0.836. The molecule has 0 fully saturated rings. The standard InChI is InChI=1S/C24H33NO6/c1-3-29-24(28)31-18(2)30-16-14-22(25-15-13-23(26)27)17-19-9-11-21(12-10-19)20-7-5-4-6-8-20/h5,7-12,18,22,25H,3-4,6,13-17H2,1-2H3,(H,26,27)/t18?,22-/m0/s1. The SMILES string of the molecule is CCOC(=O)OC(C)OCC[C@@H](Cc1ccc(C2=CCCC=C2)cc1)NCCC(=O)O. The molecular formula is C24H33NO6. The zero-order chi connectivity index (χ0) is 22.5. The van der Waals surface area contributed by atoms with Gasteiger partial charge in [0.25, 0.3) is 0 Å². The highest BCUT2D eigenvalue weighted by Gasteiger charge is 2.14. The molecule has 0 amide bonds. The van der Waals surface area contributed by atoms with Crippen LogP contribution in [0.2, 0.25) is 0 Å². The minimum Gasteiger partial charge on any atom is -0.481 e. The van der Waals surface area contributed by atoms with Crippen molar-refractivity contribution < 1.29 is 28.9 Å². The van der Waals surface area contributed by atoms with Gasteiger partial charge in [0.2, 0.25) is 6.29 Å². The van der Waals surface area contributed by atoms with Crippen molar-refractivity contribution in [2.24, 2.45) is 0 Å². The Morgan fingerprint density at radius 1 is 1.19 bits per heavy atom. The van der Waals surface area contributed by atoms with Crippen LogP contribution in [0.4, 0.5) is 4.79 Å². The van der Waals surface area contributed by atoms with E-state index < -0.39 is 18.4 Å². The number of aliphatic carboxylic acids is 1. The Morgan fingerprint density at radius 3 is 2.61 bits per heavy atom. The highest BCUT2D eigenvalue weighted by molar-refractivity contribution is 5.74. The normalized spacial score (nSPS) is 15.1. The maximum atomic E-state index is 11.3. The predicted molar refractivity (Wildman–Crippen MR) is 119 cm³/mol. The van der Waals surface area contributed by atoms with Gasteiger partial charge < -0.3 is 24.6 Å². The van der Waals surface area contributed by atoms with Crippen LogP contribution in [-0.4, -0.2) is 49.3 Å². The number of carboxylic acids is 1. The number of allylic oxidation sites excluding steroid dienone is 4. The van der Waals surface area contributed by atoms with E-state index in [1.807, 2.05) is 0 Å². The molecule has 2 atom stereocenters. The summed E-state index contributed by atoms with van der Waals surface area (Å²) in [7, 11) is 0. The van der Waals surface area contributed by atoms with Crippen molar-refractivity contribution in [1.29, 1.82) is 0 Å². The van der Waals surface area contributed by atoms with Gasteiger partial charge in [0, 0.05) is 12.6 Å². The van der Waals surface area contributed by atoms with E-state index in [2.05, 4.69) is 47.8 Å². The zero-order valence-corrected chi connectivity index (χ0v) is 18.3. The van der Waals surface area contributed by atoms with E-state index >= 15 is 0 Å². The Morgan fingerprint density at radius 2 is 1.97 bits per heavy atom. The fourth-order valence-electron chi connectivity index (χ4n) is 3.30. The molecule has 7 heteroatoms. The first kappa shape index (κ1) is 24.6. The molecule has 2 N–H and O–H groups in total. The zero-order valence-electron chi connectivity index (χ0n) is 18.3. The molecule has 0 radical (unpaired) electrons. The third-order valence-electron chi connectivity index (χ3n) is 4.88. The first-order chi connectivity index (χ1) is 15.0. The number of hydrogen-bond donors (Lipinski definition) is 2. The maximum Gasteiger partial charge on any atom is 0.510 e. The topological polar surface area (TPSA) is 94.1 Å². The summed E-state index contributed by atoms with van der Waals surface area (Å²) in [4.78, 5) is 22.2. The van der Waals surface area contributed by atoms with E-state index in [-0.39, 0.29) is 19.1 Å². The Balaban J connectivity index is 1.88. The van der Waals surface area contributed by atoms with E-state index in [0.29, 0.717) is 19.6 Å². The highest BCUT2D eigenvalue weighted by Crippen LogP contribution is 2.22. The lowest BCUT2D eigenvalue weighted by Crippen LogP contribution is -2.34. The first-order valence-electron chi connectivity index (χ1n) is 10.8. The highest BCUT2D eigenvalue weighted by atomic mass is 16.8. The third kappa shape index (κ3) is 9.81. The average Bonchev–Trinajstić information content (AvgIpc) is 2.74. The van der Waals surface area contributed by atoms with Crippen molar-refractivity contribution >= 4 is 17.7 Å². The molecule has 1 aromatic rings. The van der Waals surface area contributed by atoms with Crippen LogP contribution in [-0.2, 0) is 25.4 Å². The van der Waals surface area contributed by atoms with E-state index in [9.17, 15) is 9.59 Å². The van der Waals surface area contributed by atoms with Gasteiger partial charge >= 0.3 is 12.1 Å². The molecule has 0 aromatic heterocycles. The van der Waals surface area contributed by atoms with Crippen molar-refractivity contribution in [2.45, 2.75) is 58.3 Å². The number of carboxylic acid groups (broad SMARTS) is 1. The van der Waals surface area contributed by atoms with Gasteiger partial charge in [-0.3, -0.25) is 4.79 Å².